The molecule has 1 aliphatic rings. The van der Waals surface area contributed by atoms with Crippen LogP contribution in [0.2, 0.25) is 0 Å². The zero-order valence-electron chi connectivity index (χ0n) is 11.9. The molecule has 1 aromatic heterocycles. The van der Waals surface area contributed by atoms with Crippen LogP contribution in [0.15, 0.2) is 12.1 Å². The third-order valence-corrected chi connectivity index (χ3v) is 3.61. The summed E-state index contributed by atoms with van der Waals surface area (Å²) in [4.78, 5) is 0. The number of aryl methyl sites for hydroxylation is 2. The SMILES string of the molecule is COc1ccc(C)c2c1NC(C)(C)c1nnc(C)n1-2. The molecule has 100 valence electrons. The van der Waals surface area contributed by atoms with Crippen LogP contribution in [-0.2, 0) is 5.54 Å². The second kappa shape index (κ2) is 3.73. The highest BCUT2D eigenvalue weighted by Gasteiger charge is 2.36. The molecule has 1 N–H and O–H groups in total. The Morgan fingerprint density at radius 3 is 2.63 bits per heavy atom. The second-order valence-electron chi connectivity index (χ2n) is 5.46. The Hall–Kier alpha value is -2.04. The lowest BCUT2D eigenvalue weighted by Gasteiger charge is -2.35. The van der Waals surface area contributed by atoms with Crippen molar-refractivity contribution in [3.8, 4) is 11.4 Å². The van der Waals surface area contributed by atoms with E-state index < -0.39 is 0 Å². The molecule has 19 heavy (non-hydrogen) atoms. The maximum absolute atomic E-state index is 5.48. The zero-order chi connectivity index (χ0) is 13.8. The van der Waals surface area contributed by atoms with E-state index in [0.29, 0.717) is 0 Å². The van der Waals surface area contributed by atoms with Gasteiger partial charge >= 0.3 is 0 Å². The number of nitrogens with zero attached hydrogens (tertiary/aromatic N) is 3. The van der Waals surface area contributed by atoms with Gasteiger partial charge in [-0.05, 0) is 39.3 Å². The molecule has 0 bridgehead atoms. The highest BCUT2D eigenvalue weighted by atomic mass is 16.5. The van der Waals surface area contributed by atoms with Gasteiger partial charge in [0.1, 0.15) is 17.3 Å². The van der Waals surface area contributed by atoms with E-state index in [-0.39, 0.29) is 5.54 Å². The van der Waals surface area contributed by atoms with Crippen LogP contribution in [0.1, 0.15) is 31.1 Å². The molecule has 0 saturated carbocycles. The number of fused-ring (bicyclic) bond motifs is 3. The summed E-state index contributed by atoms with van der Waals surface area (Å²) in [5.74, 6) is 2.66. The van der Waals surface area contributed by atoms with Crippen molar-refractivity contribution in [1.82, 2.24) is 14.8 Å². The third-order valence-electron chi connectivity index (χ3n) is 3.61. The maximum Gasteiger partial charge on any atom is 0.162 e. The number of benzene rings is 1. The van der Waals surface area contributed by atoms with Crippen molar-refractivity contribution in [2.75, 3.05) is 12.4 Å². The third kappa shape index (κ3) is 1.54. The Morgan fingerprint density at radius 1 is 1.21 bits per heavy atom. The van der Waals surface area contributed by atoms with Crippen molar-refractivity contribution < 1.29 is 4.74 Å². The zero-order valence-corrected chi connectivity index (χ0v) is 11.9. The predicted octanol–water partition coefficient (Wildman–Crippen LogP) is 2.55. The lowest BCUT2D eigenvalue weighted by molar-refractivity contribution is 0.412. The molecule has 0 unspecified atom stereocenters. The van der Waals surface area contributed by atoms with Crippen molar-refractivity contribution in [2.45, 2.75) is 33.2 Å². The number of aromatic nitrogens is 3. The molecule has 2 aromatic rings. The smallest absolute Gasteiger partial charge is 0.162 e. The van der Waals surface area contributed by atoms with Gasteiger partial charge in [-0.3, -0.25) is 4.57 Å². The largest absolute Gasteiger partial charge is 0.495 e. The fourth-order valence-electron chi connectivity index (χ4n) is 2.66. The average molecular weight is 258 g/mol. The molecular formula is C14H18N4O. The molecule has 0 spiro atoms. The van der Waals surface area contributed by atoms with E-state index >= 15 is 0 Å². The van der Waals surface area contributed by atoms with Crippen LogP contribution in [0.3, 0.4) is 0 Å². The first-order valence-corrected chi connectivity index (χ1v) is 6.34. The van der Waals surface area contributed by atoms with Gasteiger partial charge in [0, 0.05) is 0 Å². The van der Waals surface area contributed by atoms with Crippen molar-refractivity contribution in [3.63, 3.8) is 0 Å². The van der Waals surface area contributed by atoms with Crippen LogP contribution in [0.5, 0.6) is 5.75 Å². The van der Waals surface area contributed by atoms with Gasteiger partial charge in [-0.2, -0.15) is 0 Å². The van der Waals surface area contributed by atoms with Gasteiger partial charge in [-0.1, -0.05) is 6.07 Å². The number of rotatable bonds is 1. The minimum atomic E-state index is -0.282. The molecule has 5 nitrogen and oxygen atoms in total. The fourth-order valence-corrected chi connectivity index (χ4v) is 2.66. The average Bonchev–Trinajstić information content (AvgIpc) is 2.73. The van der Waals surface area contributed by atoms with Crippen LogP contribution >= 0.6 is 0 Å². The predicted molar refractivity (Wildman–Crippen MR) is 74.0 cm³/mol. The minimum absolute atomic E-state index is 0.282. The van der Waals surface area contributed by atoms with E-state index in [0.717, 1.165) is 28.8 Å². The summed E-state index contributed by atoms with van der Waals surface area (Å²) >= 11 is 0. The summed E-state index contributed by atoms with van der Waals surface area (Å²) in [5.41, 5.74) is 2.97. The first-order valence-electron chi connectivity index (χ1n) is 6.34. The number of anilines is 1. The Labute approximate surface area is 112 Å². The molecule has 0 amide bonds. The quantitative estimate of drug-likeness (QED) is 0.854. The first kappa shape index (κ1) is 12.0. The summed E-state index contributed by atoms with van der Waals surface area (Å²) in [7, 11) is 1.69. The van der Waals surface area contributed by atoms with Crippen molar-refractivity contribution >= 4 is 5.69 Å². The Morgan fingerprint density at radius 2 is 1.95 bits per heavy atom. The molecule has 0 aliphatic carbocycles. The molecule has 3 rings (SSSR count). The van der Waals surface area contributed by atoms with Gasteiger partial charge in [-0.15, -0.1) is 10.2 Å². The van der Waals surface area contributed by atoms with E-state index in [9.17, 15) is 0 Å². The van der Waals surface area contributed by atoms with Crippen LogP contribution in [0, 0.1) is 13.8 Å². The molecule has 0 atom stereocenters. The molecule has 1 aliphatic heterocycles. The lowest BCUT2D eigenvalue weighted by Crippen LogP contribution is -2.36. The first-order chi connectivity index (χ1) is 8.95. The summed E-state index contributed by atoms with van der Waals surface area (Å²) < 4.78 is 7.59. The summed E-state index contributed by atoms with van der Waals surface area (Å²) in [6.07, 6.45) is 0. The number of hydrogen-bond donors (Lipinski definition) is 1. The highest BCUT2D eigenvalue weighted by molar-refractivity contribution is 5.75. The Bertz CT molecular complexity index is 658. The minimum Gasteiger partial charge on any atom is -0.495 e. The maximum atomic E-state index is 5.48. The van der Waals surface area contributed by atoms with Crippen molar-refractivity contribution in [1.29, 1.82) is 0 Å². The van der Waals surface area contributed by atoms with Gasteiger partial charge in [0.2, 0.25) is 0 Å². The standard InChI is InChI=1S/C14H18N4O/c1-8-6-7-10(19-5)11-12(8)18-9(2)16-17-13(18)14(3,4)15-11/h6-7,15H,1-5H3. The van der Waals surface area contributed by atoms with Gasteiger partial charge in [0.15, 0.2) is 5.82 Å². The molecular weight excluding hydrogens is 240 g/mol. The number of ether oxygens (including phenoxy) is 1. The molecule has 0 fully saturated rings. The lowest BCUT2D eigenvalue weighted by atomic mass is 9.98. The monoisotopic (exact) mass is 258 g/mol. The van der Waals surface area contributed by atoms with E-state index in [1.165, 1.54) is 5.56 Å². The molecule has 0 radical (unpaired) electrons. The second-order valence-corrected chi connectivity index (χ2v) is 5.46. The topological polar surface area (TPSA) is 52.0 Å². The summed E-state index contributed by atoms with van der Waals surface area (Å²) in [6.45, 7) is 8.25. The van der Waals surface area contributed by atoms with Crippen LogP contribution in [-0.4, -0.2) is 21.9 Å². The van der Waals surface area contributed by atoms with Crippen LogP contribution in [0.25, 0.3) is 5.69 Å². The highest BCUT2D eigenvalue weighted by Crippen LogP contribution is 2.43. The number of hydrogen-bond acceptors (Lipinski definition) is 4. The van der Waals surface area contributed by atoms with Crippen LogP contribution < -0.4 is 10.1 Å². The van der Waals surface area contributed by atoms with Crippen molar-refractivity contribution in [2.24, 2.45) is 0 Å². The van der Waals surface area contributed by atoms with Crippen LogP contribution in [0.4, 0.5) is 5.69 Å². The molecule has 0 saturated heterocycles. The molecule has 2 heterocycles. The van der Waals surface area contributed by atoms with E-state index in [1.54, 1.807) is 7.11 Å². The Balaban J connectivity index is 2.40. The van der Waals surface area contributed by atoms with Gasteiger partial charge in [0.25, 0.3) is 0 Å². The Kier molecular flexibility index (Phi) is 2.36. The van der Waals surface area contributed by atoms with E-state index in [2.05, 4.69) is 46.9 Å². The number of nitrogens with one attached hydrogen (secondary N) is 1. The summed E-state index contributed by atoms with van der Waals surface area (Å²) in [6, 6.07) is 4.04. The van der Waals surface area contributed by atoms with E-state index in [1.807, 2.05) is 13.0 Å². The van der Waals surface area contributed by atoms with Crippen molar-refractivity contribution in [3.05, 3.63) is 29.3 Å². The van der Waals surface area contributed by atoms with E-state index in [4.69, 9.17) is 4.74 Å². The molecule has 1 aromatic carbocycles. The van der Waals surface area contributed by atoms with Gasteiger partial charge in [0.05, 0.1) is 18.3 Å². The molecule has 5 heteroatoms. The van der Waals surface area contributed by atoms with Gasteiger partial charge in [-0.25, -0.2) is 0 Å². The normalized spacial score (nSPS) is 15.4. The van der Waals surface area contributed by atoms with Gasteiger partial charge < -0.3 is 10.1 Å². The summed E-state index contributed by atoms with van der Waals surface area (Å²) in [5, 5.41) is 12.1. The fraction of sp³-hybridized carbons (Fsp3) is 0.429. The number of methoxy groups -OCH3 is 1.